The smallest absolute Gasteiger partial charge is 0.0688 e. The minimum atomic E-state index is 0.112. The maximum absolute atomic E-state index is 9.29. The highest BCUT2D eigenvalue weighted by molar-refractivity contribution is 5.83. The zero-order valence-electron chi connectivity index (χ0n) is 10.9. The van der Waals surface area contributed by atoms with E-state index < -0.39 is 0 Å². The van der Waals surface area contributed by atoms with Crippen molar-refractivity contribution in [2.45, 2.75) is 40.3 Å². The van der Waals surface area contributed by atoms with E-state index in [1.165, 1.54) is 10.9 Å². The molecule has 1 heterocycles. The van der Waals surface area contributed by atoms with Gasteiger partial charge in [-0.05, 0) is 29.5 Å². The summed E-state index contributed by atoms with van der Waals surface area (Å²) in [6.07, 6.45) is 3.27. The van der Waals surface area contributed by atoms with Gasteiger partial charge in [-0.25, -0.2) is 0 Å². The van der Waals surface area contributed by atoms with Crippen LogP contribution in [0.3, 0.4) is 0 Å². The summed E-state index contributed by atoms with van der Waals surface area (Å²) in [6.45, 7) is 7.93. The molecule has 0 aliphatic carbocycles. The molecule has 2 aromatic rings. The lowest BCUT2D eigenvalue weighted by molar-refractivity contribution is 0.283. The van der Waals surface area contributed by atoms with Gasteiger partial charge in [-0.2, -0.15) is 0 Å². The molecule has 0 unspecified atom stereocenters. The average Bonchev–Trinajstić information content (AvgIpc) is 2.68. The fourth-order valence-electron chi connectivity index (χ4n) is 2.08. The van der Waals surface area contributed by atoms with Gasteiger partial charge in [0.05, 0.1) is 6.61 Å². The van der Waals surface area contributed by atoms with Crippen molar-refractivity contribution in [3.63, 3.8) is 0 Å². The summed E-state index contributed by atoms with van der Waals surface area (Å²) in [5.41, 5.74) is 2.59. The van der Waals surface area contributed by atoms with Gasteiger partial charge in [-0.15, -0.1) is 0 Å². The first-order valence-corrected chi connectivity index (χ1v) is 6.19. The minimum Gasteiger partial charge on any atom is -0.392 e. The van der Waals surface area contributed by atoms with Crippen LogP contribution in [0.25, 0.3) is 10.9 Å². The summed E-state index contributed by atoms with van der Waals surface area (Å²) in [5.74, 6) is 0. The average molecular weight is 231 g/mol. The van der Waals surface area contributed by atoms with E-state index in [9.17, 15) is 5.11 Å². The van der Waals surface area contributed by atoms with Gasteiger partial charge >= 0.3 is 0 Å². The van der Waals surface area contributed by atoms with Gasteiger partial charge in [0.15, 0.2) is 0 Å². The molecule has 1 N–H and O–H groups in total. The summed E-state index contributed by atoms with van der Waals surface area (Å²) in [7, 11) is 0. The molecule has 0 aliphatic rings. The minimum absolute atomic E-state index is 0.112. The van der Waals surface area contributed by atoms with Crippen LogP contribution in [0.4, 0.5) is 0 Å². The second kappa shape index (κ2) is 4.53. The number of hydrogen-bond donors (Lipinski definition) is 1. The Morgan fingerprint density at radius 2 is 1.94 bits per heavy atom. The van der Waals surface area contributed by atoms with Crippen LogP contribution < -0.4 is 0 Å². The summed E-state index contributed by atoms with van der Waals surface area (Å²) >= 11 is 0. The number of aryl methyl sites for hydroxylation is 1. The van der Waals surface area contributed by atoms with Gasteiger partial charge in [0.2, 0.25) is 0 Å². The third kappa shape index (κ3) is 2.70. The van der Waals surface area contributed by atoms with E-state index in [1.807, 2.05) is 12.1 Å². The van der Waals surface area contributed by atoms with Crippen LogP contribution in [-0.2, 0) is 13.2 Å². The predicted octanol–water partition coefficient (Wildman–Crippen LogP) is 3.57. The van der Waals surface area contributed by atoms with Crippen LogP contribution in [0.1, 0.15) is 32.8 Å². The van der Waals surface area contributed by atoms with Crippen LogP contribution >= 0.6 is 0 Å². The number of aliphatic hydroxyl groups is 1. The molecule has 1 aromatic heterocycles. The van der Waals surface area contributed by atoms with E-state index in [2.05, 4.69) is 43.7 Å². The lowest BCUT2D eigenvalue weighted by Gasteiger charge is -2.18. The largest absolute Gasteiger partial charge is 0.392 e. The van der Waals surface area contributed by atoms with Gasteiger partial charge < -0.3 is 9.67 Å². The normalized spacial score (nSPS) is 12.2. The quantitative estimate of drug-likeness (QED) is 0.858. The molecule has 0 saturated carbocycles. The summed E-state index contributed by atoms with van der Waals surface area (Å²) < 4.78 is 2.28. The van der Waals surface area contributed by atoms with Crippen molar-refractivity contribution in [2.75, 3.05) is 0 Å². The Morgan fingerprint density at radius 1 is 1.18 bits per heavy atom. The van der Waals surface area contributed by atoms with Crippen molar-refractivity contribution < 1.29 is 5.11 Å². The van der Waals surface area contributed by atoms with Crippen molar-refractivity contribution in [1.29, 1.82) is 0 Å². The van der Waals surface area contributed by atoms with Gasteiger partial charge in [0.25, 0.3) is 0 Å². The van der Waals surface area contributed by atoms with E-state index >= 15 is 0 Å². The number of fused-ring (bicyclic) bond motifs is 1. The molecule has 2 nitrogen and oxygen atoms in total. The molecule has 0 atom stereocenters. The van der Waals surface area contributed by atoms with Crippen molar-refractivity contribution >= 4 is 10.9 Å². The molecule has 0 bridgehead atoms. The van der Waals surface area contributed by atoms with E-state index in [0.717, 1.165) is 18.5 Å². The number of benzene rings is 1. The van der Waals surface area contributed by atoms with E-state index in [-0.39, 0.29) is 6.61 Å². The van der Waals surface area contributed by atoms with Crippen LogP contribution in [0, 0.1) is 5.41 Å². The van der Waals surface area contributed by atoms with Crippen LogP contribution in [0.2, 0.25) is 0 Å². The van der Waals surface area contributed by atoms with Crippen molar-refractivity contribution in [1.82, 2.24) is 4.57 Å². The molecule has 0 aliphatic heterocycles. The number of aromatic nitrogens is 1. The highest BCUT2D eigenvalue weighted by atomic mass is 16.3. The summed E-state index contributed by atoms with van der Waals surface area (Å²) in [5, 5.41) is 10.5. The van der Waals surface area contributed by atoms with Crippen molar-refractivity contribution in [3.05, 3.63) is 36.0 Å². The molecule has 0 saturated heterocycles. The highest BCUT2D eigenvalue weighted by Crippen LogP contribution is 2.24. The van der Waals surface area contributed by atoms with Crippen LogP contribution in [-0.4, -0.2) is 9.67 Å². The maximum Gasteiger partial charge on any atom is 0.0688 e. The molecule has 0 amide bonds. The molecule has 2 rings (SSSR count). The Balaban J connectivity index is 2.30. The molecule has 17 heavy (non-hydrogen) atoms. The second-order valence-electron chi connectivity index (χ2n) is 5.83. The van der Waals surface area contributed by atoms with Crippen molar-refractivity contribution in [2.24, 2.45) is 5.41 Å². The highest BCUT2D eigenvalue weighted by Gasteiger charge is 2.11. The Kier molecular flexibility index (Phi) is 3.25. The zero-order valence-corrected chi connectivity index (χ0v) is 10.9. The second-order valence-corrected chi connectivity index (χ2v) is 5.83. The Morgan fingerprint density at radius 3 is 2.59 bits per heavy atom. The van der Waals surface area contributed by atoms with E-state index in [4.69, 9.17) is 0 Å². The lowest BCUT2D eigenvalue weighted by Crippen LogP contribution is -2.09. The first-order valence-electron chi connectivity index (χ1n) is 6.19. The lowest BCUT2D eigenvalue weighted by atomic mass is 9.92. The fourth-order valence-corrected chi connectivity index (χ4v) is 2.08. The van der Waals surface area contributed by atoms with E-state index in [0.29, 0.717) is 5.41 Å². The van der Waals surface area contributed by atoms with Crippen molar-refractivity contribution in [3.8, 4) is 0 Å². The molecule has 92 valence electrons. The summed E-state index contributed by atoms with van der Waals surface area (Å²) in [6, 6.07) is 8.22. The maximum atomic E-state index is 9.29. The molecule has 0 fully saturated rings. The van der Waals surface area contributed by atoms with Gasteiger partial charge in [-0.3, -0.25) is 0 Å². The Labute approximate surface area is 103 Å². The Hall–Kier alpha value is -1.28. The van der Waals surface area contributed by atoms with Gasteiger partial charge in [0, 0.05) is 23.6 Å². The van der Waals surface area contributed by atoms with Gasteiger partial charge in [0.1, 0.15) is 0 Å². The molecule has 0 spiro atoms. The SMILES string of the molecule is CC(C)(C)CCn1ccc2c(CO)cccc21. The molecular formula is C15H21NO. The number of rotatable bonds is 3. The molecular weight excluding hydrogens is 210 g/mol. The molecule has 1 aromatic carbocycles. The molecule has 2 heteroatoms. The number of hydrogen-bond acceptors (Lipinski definition) is 1. The molecule has 0 radical (unpaired) electrons. The van der Waals surface area contributed by atoms with Crippen LogP contribution in [0.5, 0.6) is 0 Å². The van der Waals surface area contributed by atoms with Gasteiger partial charge in [-0.1, -0.05) is 32.9 Å². The first kappa shape index (κ1) is 12.2. The third-order valence-electron chi connectivity index (χ3n) is 3.18. The number of nitrogens with zero attached hydrogens (tertiary/aromatic N) is 1. The zero-order chi connectivity index (χ0) is 12.5. The standard InChI is InChI=1S/C15H21NO/c1-15(2,3)8-10-16-9-7-13-12(11-17)5-4-6-14(13)16/h4-7,9,17H,8,10-11H2,1-3H3. The first-order chi connectivity index (χ1) is 8.01. The monoisotopic (exact) mass is 231 g/mol. The van der Waals surface area contributed by atoms with Crippen LogP contribution in [0.15, 0.2) is 30.5 Å². The predicted molar refractivity (Wildman–Crippen MR) is 71.9 cm³/mol. The fraction of sp³-hybridized carbons (Fsp3) is 0.467. The topological polar surface area (TPSA) is 25.2 Å². The summed E-state index contributed by atoms with van der Waals surface area (Å²) in [4.78, 5) is 0. The number of aliphatic hydroxyl groups excluding tert-OH is 1. The third-order valence-corrected chi connectivity index (χ3v) is 3.18. The van der Waals surface area contributed by atoms with E-state index in [1.54, 1.807) is 0 Å². The Bertz CT molecular complexity index is 505.